The molecule has 0 aliphatic heterocycles. The number of nitrogens with zero attached hydrogens (tertiary/aromatic N) is 1. The summed E-state index contributed by atoms with van der Waals surface area (Å²) in [5.74, 6) is -0.499. The fraction of sp³-hybridized carbons (Fsp3) is 0.0500. The Bertz CT molecular complexity index is 932. The number of anilines is 1. The topological polar surface area (TPSA) is 70.6 Å². The largest absolute Gasteiger partial charge is 0.322 e. The van der Waals surface area contributed by atoms with Crippen molar-refractivity contribution in [1.82, 2.24) is 5.43 Å². The molecule has 130 valence electrons. The van der Waals surface area contributed by atoms with Crippen LogP contribution in [0, 0.1) is 6.92 Å². The van der Waals surface area contributed by atoms with Crippen molar-refractivity contribution in [2.45, 2.75) is 6.92 Å². The first kappa shape index (κ1) is 17.6. The Labute approximate surface area is 155 Å². The third-order valence-electron chi connectivity index (χ3n) is 3.59. The van der Waals surface area contributed by atoms with Crippen LogP contribution >= 0.6 is 11.3 Å². The summed E-state index contributed by atoms with van der Waals surface area (Å²) in [6, 6.07) is 17.8. The minimum absolute atomic E-state index is 0.188. The molecule has 0 aliphatic carbocycles. The first-order valence-electron chi connectivity index (χ1n) is 7.97. The molecule has 0 aliphatic rings. The third-order valence-corrected chi connectivity index (χ3v) is 4.39. The molecule has 3 rings (SSSR count). The number of carbonyl (C=O) groups is 2. The van der Waals surface area contributed by atoms with Crippen molar-refractivity contribution in [1.29, 1.82) is 0 Å². The monoisotopic (exact) mass is 363 g/mol. The molecule has 0 saturated carbocycles. The summed E-state index contributed by atoms with van der Waals surface area (Å²) in [4.78, 5) is 25.2. The van der Waals surface area contributed by atoms with E-state index in [1.807, 2.05) is 42.6 Å². The first-order chi connectivity index (χ1) is 12.6. The lowest BCUT2D eigenvalue weighted by Crippen LogP contribution is -2.17. The lowest BCUT2D eigenvalue weighted by molar-refractivity contribution is 0.0954. The van der Waals surface area contributed by atoms with Gasteiger partial charge in [-0.3, -0.25) is 9.59 Å². The van der Waals surface area contributed by atoms with E-state index in [9.17, 15) is 9.59 Å². The molecule has 2 amide bonds. The molecule has 1 aromatic heterocycles. The average molecular weight is 363 g/mol. The maximum atomic E-state index is 12.2. The van der Waals surface area contributed by atoms with Crippen LogP contribution in [0.1, 0.15) is 31.2 Å². The van der Waals surface area contributed by atoms with Crippen LogP contribution in [0.5, 0.6) is 0 Å². The van der Waals surface area contributed by atoms with Crippen molar-refractivity contribution < 1.29 is 9.59 Å². The van der Waals surface area contributed by atoms with E-state index in [1.165, 1.54) is 11.3 Å². The molecule has 5 nitrogen and oxygen atoms in total. The number of carbonyl (C=O) groups excluding carboxylic acids is 2. The Kier molecular flexibility index (Phi) is 5.56. The van der Waals surface area contributed by atoms with E-state index in [2.05, 4.69) is 15.8 Å². The summed E-state index contributed by atoms with van der Waals surface area (Å²) in [5, 5.41) is 8.68. The molecular weight excluding hydrogens is 346 g/mol. The van der Waals surface area contributed by atoms with E-state index in [4.69, 9.17) is 0 Å². The lowest BCUT2D eigenvalue weighted by Gasteiger charge is -2.07. The van der Waals surface area contributed by atoms with Crippen LogP contribution in [0.2, 0.25) is 0 Å². The predicted octanol–water partition coefficient (Wildman–Crippen LogP) is 4.07. The van der Waals surface area contributed by atoms with E-state index in [1.54, 1.807) is 36.5 Å². The van der Waals surface area contributed by atoms with E-state index in [-0.39, 0.29) is 11.8 Å². The predicted molar refractivity (Wildman–Crippen MR) is 105 cm³/mol. The molecule has 0 bridgehead atoms. The molecule has 2 aromatic carbocycles. The van der Waals surface area contributed by atoms with Gasteiger partial charge in [0, 0.05) is 21.7 Å². The highest BCUT2D eigenvalue weighted by atomic mass is 32.1. The van der Waals surface area contributed by atoms with Crippen molar-refractivity contribution in [3.63, 3.8) is 0 Å². The second kappa shape index (κ2) is 8.22. The summed E-state index contributed by atoms with van der Waals surface area (Å²) in [6.45, 7) is 1.94. The van der Waals surface area contributed by atoms with Crippen LogP contribution < -0.4 is 10.7 Å². The molecule has 0 atom stereocenters. The van der Waals surface area contributed by atoms with Gasteiger partial charge in [-0.25, -0.2) is 5.43 Å². The summed E-state index contributed by atoms with van der Waals surface area (Å²) in [6.07, 6.45) is 1.60. The van der Waals surface area contributed by atoms with Crippen molar-refractivity contribution >= 4 is 35.1 Å². The molecule has 0 fully saturated rings. The van der Waals surface area contributed by atoms with Crippen molar-refractivity contribution in [3.05, 3.63) is 87.6 Å². The minimum Gasteiger partial charge on any atom is -0.322 e. The molecule has 26 heavy (non-hydrogen) atoms. The van der Waals surface area contributed by atoms with Crippen LogP contribution in [0.15, 0.2) is 71.1 Å². The van der Waals surface area contributed by atoms with Gasteiger partial charge in [0.2, 0.25) is 0 Å². The number of nitrogens with one attached hydrogen (secondary N) is 2. The molecular formula is C20H17N3O2S. The normalized spacial score (nSPS) is 10.7. The van der Waals surface area contributed by atoms with Crippen LogP contribution in [0.4, 0.5) is 5.69 Å². The second-order valence-electron chi connectivity index (χ2n) is 5.62. The Morgan fingerprint density at radius 3 is 2.46 bits per heavy atom. The summed E-state index contributed by atoms with van der Waals surface area (Å²) in [7, 11) is 0. The quantitative estimate of drug-likeness (QED) is 0.530. The SMILES string of the molecule is Cc1cccc(C(=O)Nc2ccc(C(=O)N/N=C\c3cccs3)cc2)c1. The molecule has 2 N–H and O–H groups in total. The van der Waals surface area contributed by atoms with Gasteiger partial charge in [0.1, 0.15) is 0 Å². The molecule has 0 unspecified atom stereocenters. The van der Waals surface area contributed by atoms with E-state index < -0.39 is 0 Å². The Morgan fingerprint density at radius 1 is 0.962 bits per heavy atom. The van der Waals surface area contributed by atoms with Crippen LogP contribution in [-0.4, -0.2) is 18.0 Å². The summed E-state index contributed by atoms with van der Waals surface area (Å²) < 4.78 is 0. The minimum atomic E-state index is -0.311. The van der Waals surface area contributed by atoms with Crippen molar-refractivity contribution in [2.75, 3.05) is 5.32 Å². The lowest BCUT2D eigenvalue weighted by atomic mass is 10.1. The van der Waals surface area contributed by atoms with Gasteiger partial charge >= 0.3 is 0 Å². The first-order valence-corrected chi connectivity index (χ1v) is 8.85. The van der Waals surface area contributed by atoms with Crippen LogP contribution in [-0.2, 0) is 0 Å². The van der Waals surface area contributed by atoms with Crippen LogP contribution in [0.3, 0.4) is 0 Å². The molecule has 0 spiro atoms. The summed E-state index contributed by atoms with van der Waals surface area (Å²) in [5.41, 5.74) is 5.17. The highest BCUT2D eigenvalue weighted by molar-refractivity contribution is 7.11. The number of amides is 2. The highest BCUT2D eigenvalue weighted by Crippen LogP contribution is 2.12. The molecule has 0 radical (unpaired) electrons. The molecule has 6 heteroatoms. The van der Waals surface area contributed by atoms with Gasteiger partial charge in [0.05, 0.1) is 6.21 Å². The van der Waals surface area contributed by atoms with Crippen molar-refractivity contribution in [2.24, 2.45) is 5.10 Å². The van der Waals surface area contributed by atoms with E-state index >= 15 is 0 Å². The number of benzene rings is 2. The highest BCUT2D eigenvalue weighted by Gasteiger charge is 2.08. The van der Waals surface area contributed by atoms with Crippen LogP contribution in [0.25, 0.3) is 0 Å². The average Bonchev–Trinajstić information content (AvgIpc) is 3.15. The van der Waals surface area contributed by atoms with Gasteiger partial charge in [-0.2, -0.15) is 5.10 Å². The zero-order valence-corrected chi connectivity index (χ0v) is 14.9. The maximum Gasteiger partial charge on any atom is 0.271 e. The number of hydrogen-bond acceptors (Lipinski definition) is 4. The molecule has 1 heterocycles. The smallest absolute Gasteiger partial charge is 0.271 e. The van der Waals surface area contributed by atoms with Gasteiger partial charge in [0.15, 0.2) is 0 Å². The Balaban J connectivity index is 1.59. The Morgan fingerprint density at radius 2 is 1.77 bits per heavy atom. The fourth-order valence-electron chi connectivity index (χ4n) is 2.28. The van der Waals surface area contributed by atoms with Crippen molar-refractivity contribution in [3.8, 4) is 0 Å². The zero-order valence-electron chi connectivity index (χ0n) is 14.1. The van der Waals surface area contributed by atoms with Gasteiger partial charge in [-0.05, 0) is 54.8 Å². The van der Waals surface area contributed by atoms with E-state index in [0.29, 0.717) is 16.8 Å². The maximum absolute atomic E-state index is 12.2. The number of rotatable bonds is 5. The number of hydrazone groups is 1. The van der Waals surface area contributed by atoms with Gasteiger partial charge in [-0.15, -0.1) is 11.3 Å². The number of hydrogen-bond donors (Lipinski definition) is 2. The zero-order chi connectivity index (χ0) is 18.4. The molecule has 3 aromatic rings. The van der Waals surface area contributed by atoms with Gasteiger partial charge in [-0.1, -0.05) is 23.8 Å². The third kappa shape index (κ3) is 4.64. The number of aryl methyl sites for hydroxylation is 1. The number of thiophene rings is 1. The van der Waals surface area contributed by atoms with Gasteiger partial charge in [0.25, 0.3) is 11.8 Å². The standard InChI is InChI=1S/C20H17N3O2S/c1-14-4-2-5-16(12-14)19(24)22-17-9-7-15(8-10-17)20(25)23-21-13-18-6-3-11-26-18/h2-13H,1H3,(H,22,24)(H,23,25)/b21-13-. The Hall–Kier alpha value is -3.25. The van der Waals surface area contributed by atoms with Gasteiger partial charge < -0.3 is 5.32 Å². The molecule has 0 saturated heterocycles. The van der Waals surface area contributed by atoms with E-state index in [0.717, 1.165) is 10.4 Å². The fourth-order valence-corrected chi connectivity index (χ4v) is 2.86. The summed E-state index contributed by atoms with van der Waals surface area (Å²) >= 11 is 1.54. The second-order valence-corrected chi connectivity index (χ2v) is 6.59.